The molecule has 0 atom stereocenters. The number of nitrogens with zero attached hydrogens (tertiary/aromatic N) is 2. The van der Waals surface area contributed by atoms with Gasteiger partial charge in [-0.25, -0.2) is 0 Å². The third-order valence-electron chi connectivity index (χ3n) is 2.93. The summed E-state index contributed by atoms with van der Waals surface area (Å²) in [5, 5.41) is 10.3. The van der Waals surface area contributed by atoms with Crippen molar-refractivity contribution in [2.75, 3.05) is 24.4 Å². The molecule has 6 heteroatoms. The highest BCUT2D eigenvalue weighted by molar-refractivity contribution is 5.88. The molecule has 6 nitrogen and oxygen atoms in total. The number of carbonyl (C=O) groups excluding carboxylic acids is 1. The van der Waals surface area contributed by atoms with Gasteiger partial charge in [-0.1, -0.05) is 12.1 Å². The molecule has 0 aliphatic heterocycles. The Balaban J connectivity index is 1.84. The van der Waals surface area contributed by atoms with Crippen LogP contribution < -0.4 is 10.6 Å². The Morgan fingerprint density at radius 1 is 1.29 bits per heavy atom. The number of methoxy groups -OCH3 is 1. The molecule has 2 rings (SSSR count). The molecular formula is C15H20N4O2. The van der Waals surface area contributed by atoms with Crippen LogP contribution in [0.2, 0.25) is 0 Å². The number of nitrogens with one attached hydrogen (secondary N) is 2. The van der Waals surface area contributed by atoms with Gasteiger partial charge in [0.05, 0.1) is 25.0 Å². The molecule has 1 heterocycles. The molecule has 0 saturated carbocycles. The third kappa shape index (κ3) is 4.92. The maximum Gasteiger partial charge on any atom is 0.221 e. The summed E-state index contributed by atoms with van der Waals surface area (Å²) < 4.78 is 6.85. The van der Waals surface area contributed by atoms with E-state index < -0.39 is 0 Å². The normalized spacial score (nSPS) is 10.4. The van der Waals surface area contributed by atoms with Crippen molar-refractivity contribution in [2.24, 2.45) is 0 Å². The van der Waals surface area contributed by atoms with Crippen molar-refractivity contribution >= 4 is 17.3 Å². The van der Waals surface area contributed by atoms with Crippen LogP contribution in [0.5, 0.6) is 0 Å². The van der Waals surface area contributed by atoms with E-state index in [2.05, 4.69) is 15.7 Å². The number of amides is 1. The largest absolute Gasteiger partial charge is 0.383 e. The molecule has 1 aromatic heterocycles. The fraction of sp³-hybridized carbons (Fsp3) is 0.333. The first-order valence-electron chi connectivity index (χ1n) is 6.79. The van der Waals surface area contributed by atoms with Gasteiger partial charge in [0.25, 0.3) is 0 Å². The van der Waals surface area contributed by atoms with Gasteiger partial charge in [-0.05, 0) is 17.7 Å². The van der Waals surface area contributed by atoms with Crippen LogP contribution in [-0.4, -0.2) is 29.4 Å². The highest BCUT2D eigenvalue weighted by atomic mass is 16.5. The summed E-state index contributed by atoms with van der Waals surface area (Å²) >= 11 is 0. The zero-order valence-corrected chi connectivity index (χ0v) is 12.3. The van der Waals surface area contributed by atoms with E-state index in [1.807, 2.05) is 35.1 Å². The molecule has 0 radical (unpaired) electrons. The molecule has 0 bridgehead atoms. The maximum absolute atomic E-state index is 10.9. The lowest BCUT2D eigenvalue weighted by Gasteiger charge is -2.06. The van der Waals surface area contributed by atoms with Crippen molar-refractivity contribution in [3.05, 3.63) is 42.2 Å². The van der Waals surface area contributed by atoms with E-state index in [0.29, 0.717) is 13.2 Å². The van der Waals surface area contributed by atoms with E-state index in [0.717, 1.165) is 23.5 Å². The second kappa shape index (κ2) is 7.44. The number of benzene rings is 1. The Labute approximate surface area is 124 Å². The van der Waals surface area contributed by atoms with E-state index in [-0.39, 0.29) is 5.91 Å². The maximum atomic E-state index is 10.9. The summed E-state index contributed by atoms with van der Waals surface area (Å²) in [4.78, 5) is 10.9. The topological polar surface area (TPSA) is 68.2 Å². The van der Waals surface area contributed by atoms with Crippen molar-refractivity contribution in [1.29, 1.82) is 0 Å². The van der Waals surface area contributed by atoms with Gasteiger partial charge >= 0.3 is 0 Å². The smallest absolute Gasteiger partial charge is 0.221 e. The van der Waals surface area contributed by atoms with Crippen LogP contribution in [0, 0.1) is 0 Å². The molecule has 0 fully saturated rings. The molecule has 0 aliphatic carbocycles. The first-order valence-corrected chi connectivity index (χ1v) is 6.79. The Morgan fingerprint density at radius 2 is 2.05 bits per heavy atom. The number of hydrogen-bond acceptors (Lipinski definition) is 4. The van der Waals surface area contributed by atoms with Gasteiger partial charge in [-0.2, -0.15) is 5.10 Å². The van der Waals surface area contributed by atoms with E-state index in [1.165, 1.54) is 6.92 Å². The number of rotatable bonds is 7. The van der Waals surface area contributed by atoms with Crippen LogP contribution >= 0.6 is 0 Å². The summed E-state index contributed by atoms with van der Waals surface area (Å²) in [6, 6.07) is 7.74. The SMILES string of the molecule is COCCn1cc(NCc2ccc(NC(C)=O)cc2)cn1. The summed E-state index contributed by atoms with van der Waals surface area (Å²) in [6.45, 7) is 3.59. The van der Waals surface area contributed by atoms with E-state index in [9.17, 15) is 4.79 Å². The summed E-state index contributed by atoms with van der Waals surface area (Å²) in [7, 11) is 1.67. The van der Waals surface area contributed by atoms with Crippen molar-refractivity contribution in [3.8, 4) is 0 Å². The van der Waals surface area contributed by atoms with Crippen LogP contribution in [0.25, 0.3) is 0 Å². The van der Waals surface area contributed by atoms with E-state index >= 15 is 0 Å². The Morgan fingerprint density at radius 3 is 2.71 bits per heavy atom. The fourth-order valence-electron chi connectivity index (χ4n) is 1.88. The second-order valence-electron chi connectivity index (χ2n) is 4.72. The summed E-state index contributed by atoms with van der Waals surface area (Å²) in [5.41, 5.74) is 2.91. The lowest BCUT2D eigenvalue weighted by atomic mass is 10.2. The predicted molar refractivity (Wildman–Crippen MR) is 82.2 cm³/mol. The quantitative estimate of drug-likeness (QED) is 0.818. The first-order chi connectivity index (χ1) is 10.2. The van der Waals surface area contributed by atoms with Gasteiger partial charge < -0.3 is 15.4 Å². The lowest BCUT2D eigenvalue weighted by molar-refractivity contribution is -0.114. The number of aromatic nitrogens is 2. The molecular weight excluding hydrogens is 268 g/mol. The Kier molecular flexibility index (Phi) is 5.34. The fourth-order valence-corrected chi connectivity index (χ4v) is 1.88. The number of anilines is 2. The Hall–Kier alpha value is -2.34. The minimum absolute atomic E-state index is 0.0654. The average molecular weight is 288 g/mol. The molecule has 2 N–H and O–H groups in total. The Bertz CT molecular complexity index is 578. The molecule has 112 valence electrons. The highest BCUT2D eigenvalue weighted by Gasteiger charge is 2.00. The van der Waals surface area contributed by atoms with Crippen LogP contribution in [-0.2, 0) is 22.6 Å². The molecule has 21 heavy (non-hydrogen) atoms. The minimum atomic E-state index is -0.0654. The van der Waals surface area contributed by atoms with Crippen molar-refractivity contribution in [2.45, 2.75) is 20.0 Å². The zero-order chi connectivity index (χ0) is 15.1. The summed E-state index contributed by atoms with van der Waals surface area (Å²) in [6.07, 6.45) is 3.74. The molecule has 0 unspecified atom stereocenters. The highest BCUT2D eigenvalue weighted by Crippen LogP contribution is 2.12. The first kappa shape index (κ1) is 15.1. The van der Waals surface area contributed by atoms with Crippen molar-refractivity contribution in [1.82, 2.24) is 9.78 Å². The number of ether oxygens (including phenoxy) is 1. The monoisotopic (exact) mass is 288 g/mol. The zero-order valence-electron chi connectivity index (χ0n) is 12.3. The molecule has 1 amide bonds. The molecule has 0 saturated heterocycles. The van der Waals surface area contributed by atoms with E-state index in [4.69, 9.17) is 4.74 Å². The van der Waals surface area contributed by atoms with Gasteiger partial charge in [-0.3, -0.25) is 9.48 Å². The van der Waals surface area contributed by atoms with Crippen molar-refractivity contribution in [3.63, 3.8) is 0 Å². The van der Waals surface area contributed by atoms with Gasteiger partial charge in [0, 0.05) is 32.5 Å². The van der Waals surface area contributed by atoms with Gasteiger partial charge in [0.15, 0.2) is 0 Å². The van der Waals surface area contributed by atoms with Crippen LogP contribution in [0.1, 0.15) is 12.5 Å². The van der Waals surface area contributed by atoms with Gasteiger partial charge in [0.2, 0.25) is 5.91 Å². The standard InChI is InChI=1S/C15H20N4O2/c1-12(20)18-14-5-3-13(4-6-14)9-16-15-10-17-19(11-15)7-8-21-2/h3-6,10-11,16H,7-9H2,1-2H3,(H,18,20). The lowest BCUT2D eigenvalue weighted by Crippen LogP contribution is -2.06. The van der Waals surface area contributed by atoms with Crippen LogP contribution in [0.3, 0.4) is 0 Å². The average Bonchev–Trinajstić information content (AvgIpc) is 2.92. The van der Waals surface area contributed by atoms with E-state index in [1.54, 1.807) is 13.3 Å². The van der Waals surface area contributed by atoms with Crippen molar-refractivity contribution < 1.29 is 9.53 Å². The number of hydrogen-bond donors (Lipinski definition) is 2. The molecule has 1 aromatic carbocycles. The predicted octanol–water partition coefficient (Wildman–Crippen LogP) is 2.10. The second-order valence-corrected chi connectivity index (χ2v) is 4.72. The van der Waals surface area contributed by atoms with Gasteiger partial charge in [0.1, 0.15) is 0 Å². The molecule has 2 aromatic rings. The summed E-state index contributed by atoms with van der Waals surface area (Å²) in [5.74, 6) is -0.0654. The van der Waals surface area contributed by atoms with Crippen LogP contribution in [0.4, 0.5) is 11.4 Å². The van der Waals surface area contributed by atoms with Crippen LogP contribution in [0.15, 0.2) is 36.7 Å². The third-order valence-corrected chi connectivity index (χ3v) is 2.93. The minimum Gasteiger partial charge on any atom is -0.383 e. The number of carbonyl (C=O) groups is 1. The molecule has 0 aliphatic rings. The molecule has 0 spiro atoms. The van der Waals surface area contributed by atoms with Gasteiger partial charge in [-0.15, -0.1) is 0 Å².